The Bertz CT molecular complexity index is 1250. The molecule has 0 radical (unpaired) electrons. The molecule has 2 saturated heterocycles. The van der Waals surface area contributed by atoms with E-state index in [1.165, 1.54) is 28.5 Å². The standard InChI is InChI=1S/C18H19ClN8O6S3.2Na.2H/c1-33-10(28)3-27-17(23-24-25-27)36-7-18(15(31)32)5-26-13(30)11(14(26)35-6-18)22-12(29)8(2-19)9-4-34-16(20)21-9;;;;/h2,4,11,14H,3,5-7H2,1H3,(H2,20,21)(H,22,29)(H,31,32);;;;/t11?,14-,18?;;;;/m1..../s1. The number of ether oxygens (including phenoxy) is 1. The van der Waals surface area contributed by atoms with E-state index in [-0.39, 0.29) is 99.6 Å². The number of hydrogen-bond acceptors (Lipinski definition) is 13. The van der Waals surface area contributed by atoms with Crippen LogP contribution in [-0.2, 0) is 30.5 Å². The number of esters is 1. The number of carbonyl (C=O) groups is 4. The number of nitrogens with two attached hydrogens (primary N) is 1. The van der Waals surface area contributed by atoms with Crippen LogP contribution in [0.4, 0.5) is 5.13 Å². The van der Waals surface area contributed by atoms with Crippen molar-refractivity contribution in [3.63, 3.8) is 0 Å². The molecule has 2 unspecified atom stereocenters. The first-order valence-electron chi connectivity index (χ1n) is 10.1. The molecule has 4 rings (SSSR count). The number of β-lactam (4-membered cyclic amide) rings is 1. The Kier molecular flexibility index (Phi) is 12.4. The molecule has 2 amide bonds. The van der Waals surface area contributed by atoms with Gasteiger partial charge in [0.25, 0.3) is 5.91 Å². The zero-order valence-corrected chi connectivity index (χ0v) is 21.7. The zero-order valence-electron chi connectivity index (χ0n) is 18.5. The maximum atomic E-state index is 12.9. The Morgan fingerprint density at radius 3 is 2.76 bits per heavy atom. The van der Waals surface area contributed by atoms with E-state index in [1.807, 2.05) is 0 Å². The Hall–Kier alpha value is -0.890. The molecule has 38 heavy (non-hydrogen) atoms. The van der Waals surface area contributed by atoms with Crippen molar-refractivity contribution < 1.29 is 29.0 Å². The molecule has 14 nitrogen and oxygen atoms in total. The average Bonchev–Trinajstić information content (AvgIpc) is 3.49. The van der Waals surface area contributed by atoms with E-state index in [4.69, 9.17) is 17.3 Å². The van der Waals surface area contributed by atoms with E-state index in [9.17, 15) is 24.3 Å². The number of nitrogens with zero attached hydrogens (tertiary/aromatic N) is 6. The summed E-state index contributed by atoms with van der Waals surface area (Å²) < 4.78 is 5.82. The SMILES string of the molecule is COC(=O)Cn1nnnc1SCC1(C(=O)O)CS[C@@H]2C(NC(=O)C(=CCl)c3csc(N)n3)C(=O)N2C1.[NaH].[NaH]. The third-order valence-corrected chi connectivity index (χ3v) is 9.25. The van der Waals surface area contributed by atoms with Gasteiger partial charge in [-0.05, 0) is 10.4 Å². The number of methoxy groups -OCH3 is 1. The van der Waals surface area contributed by atoms with Gasteiger partial charge in [0.1, 0.15) is 23.4 Å². The summed E-state index contributed by atoms with van der Waals surface area (Å²) in [6.45, 7) is -0.279. The van der Waals surface area contributed by atoms with E-state index in [0.717, 1.165) is 28.6 Å². The summed E-state index contributed by atoms with van der Waals surface area (Å²) in [6, 6.07) is -0.836. The van der Waals surface area contributed by atoms with Gasteiger partial charge in [0.2, 0.25) is 11.1 Å². The maximum absolute atomic E-state index is 12.9. The molecular formula is C18H21ClN8Na2O6S3. The van der Waals surface area contributed by atoms with E-state index in [2.05, 4.69) is 30.6 Å². The summed E-state index contributed by atoms with van der Waals surface area (Å²) in [5, 5.41) is 25.4. The molecule has 2 aliphatic rings. The number of thioether (sulfide) groups is 2. The first-order valence-corrected chi connectivity index (χ1v) is 13.5. The predicted octanol–water partition coefficient (Wildman–Crippen LogP) is -1.57. The van der Waals surface area contributed by atoms with Crippen LogP contribution in [0.2, 0.25) is 0 Å². The van der Waals surface area contributed by atoms with Crippen molar-refractivity contribution in [3.8, 4) is 0 Å². The summed E-state index contributed by atoms with van der Waals surface area (Å²) in [7, 11) is 1.23. The molecule has 2 aromatic heterocycles. The molecule has 2 fully saturated rings. The summed E-state index contributed by atoms with van der Waals surface area (Å²) in [5.41, 5.74) is 5.75. The van der Waals surface area contributed by atoms with Gasteiger partial charge in [-0.1, -0.05) is 23.4 Å². The number of thiazole rings is 1. The minimum atomic E-state index is -1.29. The van der Waals surface area contributed by atoms with Crippen LogP contribution in [0.3, 0.4) is 0 Å². The minimum absolute atomic E-state index is 0. The van der Waals surface area contributed by atoms with Crippen molar-refractivity contribution in [3.05, 3.63) is 16.6 Å². The van der Waals surface area contributed by atoms with Crippen LogP contribution in [0.1, 0.15) is 5.69 Å². The number of fused-ring (bicyclic) bond motifs is 1. The fourth-order valence-corrected chi connectivity index (χ4v) is 7.06. The van der Waals surface area contributed by atoms with E-state index < -0.39 is 40.6 Å². The van der Waals surface area contributed by atoms with Crippen LogP contribution >= 0.6 is 46.5 Å². The van der Waals surface area contributed by atoms with Crippen LogP contribution in [0.5, 0.6) is 0 Å². The number of aromatic nitrogens is 5. The van der Waals surface area contributed by atoms with Gasteiger partial charge in [-0.15, -0.1) is 28.2 Å². The molecule has 0 bridgehead atoms. The molecule has 0 aromatic carbocycles. The Labute approximate surface area is 277 Å². The third kappa shape index (κ3) is 6.87. The zero-order chi connectivity index (χ0) is 26.0. The van der Waals surface area contributed by atoms with Crippen LogP contribution in [0.25, 0.3) is 5.57 Å². The van der Waals surface area contributed by atoms with E-state index in [1.54, 1.807) is 5.38 Å². The summed E-state index contributed by atoms with van der Waals surface area (Å²) in [4.78, 5) is 54.9. The van der Waals surface area contributed by atoms with Crippen molar-refractivity contribution in [1.82, 2.24) is 35.4 Å². The van der Waals surface area contributed by atoms with Crippen LogP contribution in [0.15, 0.2) is 16.1 Å². The molecule has 196 valence electrons. The molecule has 20 heteroatoms. The molecule has 2 aliphatic heterocycles. The van der Waals surface area contributed by atoms with Crippen molar-refractivity contribution in [2.45, 2.75) is 23.1 Å². The Morgan fingerprint density at radius 2 is 2.16 bits per heavy atom. The number of rotatable bonds is 9. The van der Waals surface area contributed by atoms with Gasteiger partial charge in [-0.25, -0.2) is 9.67 Å². The fraction of sp³-hybridized carbons (Fsp3) is 0.444. The summed E-state index contributed by atoms with van der Waals surface area (Å²) in [6.07, 6.45) is 0. The number of aliphatic carboxylic acids is 1. The molecule has 4 heterocycles. The quantitative estimate of drug-likeness (QED) is 0.0955. The topological polar surface area (TPSA) is 196 Å². The van der Waals surface area contributed by atoms with Crippen LogP contribution in [-0.4, -0.2) is 155 Å². The molecule has 2 aromatic rings. The number of anilines is 1. The van der Waals surface area contributed by atoms with Gasteiger partial charge >= 0.3 is 71.1 Å². The average molecular weight is 623 g/mol. The van der Waals surface area contributed by atoms with Gasteiger partial charge in [-0.2, -0.15) is 0 Å². The number of nitrogen functional groups attached to an aromatic ring is 1. The van der Waals surface area contributed by atoms with Crippen molar-refractivity contribution in [1.29, 1.82) is 0 Å². The van der Waals surface area contributed by atoms with Gasteiger partial charge in [0.15, 0.2) is 5.13 Å². The number of amides is 2. The third-order valence-electron chi connectivity index (χ3n) is 5.52. The molecule has 0 spiro atoms. The van der Waals surface area contributed by atoms with Gasteiger partial charge < -0.3 is 25.8 Å². The number of tetrazole rings is 1. The number of halogens is 1. The number of hydrogen-bond donors (Lipinski definition) is 3. The van der Waals surface area contributed by atoms with Crippen LogP contribution in [0, 0.1) is 5.41 Å². The number of nitrogens with one attached hydrogen (secondary N) is 1. The summed E-state index contributed by atoms with van der Waals surface area (Å²) in [5.74, 6) is -2.40. The number of carboxylic acid groups (broad SMARTS) is 1. The van der Waals surface area contributed by atoms with E-state index >= 15 is 0 Å². The predicted molar refractivity (Wildman–Crippen MR) is 145 cm³/mol. The second kappa shape index (κ2) is 14.1. The number of carboxylic acids is 1. The first kappa shape index (κ1) is 33.3. The van der Waals surface area contributed by atoms with Gasteiger partial charge in [0.05, 0.1) is 18.4 Å². The van der Waals surface area contributed by atoms with Gasteiger partial charge in [0, 0.05) is 29.0 Å². The molecule has 0 saturated carbocycles. The molecular weight excluding hydrogens is 602 g/mol. The summed E-state index contributed by atoms with van der Waals surface area (Å²) >= 11 is 9.28. The first-order chi connectivity index (χ1) is 17.2. The monoisotopic (exact) mass is 622 g/mol. The Balaban J connectivity index is 0.00000253. The molecule has 0 aliphatic carbocycles. The normalized spacial score (nSPS) is 22.3. The van der Waals surface area contributed by atoms with Crippen molar-refractivity contribution >= 4 is 140 Å². The Morgan fingerprint density at radius 1 is 1.42 bits per heavy atom. The number of carbonyl (C=O) groups excluding carboxylic acids is 3. The van der Waals surface area contributed by atoms with Gasteiger partial charge in [-0.3, -0.25) is 19.2 Å². The van der Waals surface area contributed by atoms with Crippen molar-refractivity contribution in [2.75, 3.05) is 30.9 Å². The second-order valence-corrected chi connectivity index (χ2v) is 10.9. The van der Waals surface area contributed by atoms with E-state index in [0.29, 0.717) is 5.69 Å². The molecule has 3 atom stereocenters. The van der Waals surface area contributed by atoms with Crippen molar-refractivity contribution in [2.24, 2.45) is 5.41 Å². The molecule has 4 N–H and O–H groups in total. The fourth-order valence-electron chi connectivity index (χ4n) is 3.55. The second-order valence-electron chi connectivity index (χ2n) is 7.78. The van der Waals surface area contributed by atoms with Crippen LogP contribution < -0.4 is 11.1 Å².